The van der Waals surface area contributed by atoms with Gasteiger partial charge in [-0.05, 0) is 24.6 Å². The van der Waals surface area contributed by atoms with Gasteiger partial charge in [0.15, 0.2) is 11.5 Å². The minimum atomic E-state index is -0.699. The second-order valence-electron chi connectivity index (χ2n) is 5.45. The van der Waals surface area contributed by atoms with E-state index in [-0.39, 0.29) is 25.4 Å². The van der Waals surface area contributed by atoms with Crippen LogP contribution in [0, 0.1) is 0 Å². The van der Waals surface area contributed by atoms with Gasteiger partial charge in [0.1, 0.15) is 5.56 Å². The van der Waals surface area contributed by atoms with Crippen LogP contribution in [0.1, 0.15) is 18.1 Å². The number of fused-ring (bicyclic) bond motifs is 1. The summed E-state index contributed by atoms with van der Waals surface area (Å²) in [6, 6.07) is 5.44. The number of nitrogens with one attached hydrogen (secondary N) is 1. The van der Waals surface area contributed by atoms with Gasteiger partial charge in [-0.25, -0.2) is 4.79 Å². The Morgan fingerprint density at radius 3 is 2.92 bits per heavy atom. The van der Waals surface area contributed by atoms with Crippen LogP contribution in [0.3, 0.4) is 0 Å². The Labute approximate surface area is 142 Å². The van der Waals surface area contributed by atoms with Gasteiger partial charge in [-0.1, -0.05) is 12.1 Å². The minimum absolute atomic E-state index is 0.0396. The maximum Gasteiger partial charge on any atom is 0.331 e. The zero-order chi connectivity index (χ0) is 18.0. The van der Waals surface area contributed by atoms with E-state index in [9.17, 15) is 14.7 Å². The molecule has 1 aliphatic heterocycles. The highest BCUT2D eigenvalue weighted by molar-refractivity contribution is 6.00. The quantitative estimate of drug-likeness (QED) is 0.626. The normalized spacial score (nSPS) is 13.1. The topological polar surface area (TPSA) is 106 Å². The minimum Gasteiger partial charge on any atom is -0.494 e. The van der Waals surface area contributed by atoms with Crippen LogP contribution in [0.4, 0.5) is 0 Å². The third-order valence-corrected chi connectivity index (χ3v) is 3.78. The second kappa shape index (κ2) is 6.68. The number of aliphatic imine (C=N–C) groups is 1. The molecule has 1 aliphatic rings. The molecule has 1 aromatic carbocycles. The highest BCUT2D eigenvalue weighted by Crippen LogP contribution is 2.32. The summed E-state index contributed by atoms with van der Waals surface area (Å²) in [5.74, 6) is 0.890. The van der Waals surface area contributed by atoms with Crippen molar-refractivity contribution in [2.24, 2.45) is 4.99 Å². The Morgan fingerprint density at radius 1 is 1.40 bits per heavy atom. The fourth-order valence-corrected chi connectivity index (χ4v) is 2.51. The summed E-state index contributed by atoms with van der Waals surface area (Å²) in [4.78, 5) is 30.3. The summed E-state index contributed by atoms with van der Waals surface area (Å²) >= 11 is 0. The number of aromatic nitrogens is 2. The summed E-state index contributed by atoms with van der Waals surface area (Å²) in [6.45, 7) is 5.66. The molecule has 0 amide bonds. The Balaban J connectivity index is 1.92. The van der Waals surface area contributed by atoms with E-state index in [2.05, 4.69) is 16.6 Å². The largest absolute Gasteiger partial charge is 0.494 e. The summed E-state index contributed by atoms with van der Waals surface area (Å²) in [5.41, 5.74) is -0.250. The lowest BCUT2D eigenvalue weighted by molar-refractivity contribution is 0.174. The smallest absolute Gasteiger partial charge is 0.331 e. The number of hydrogen-bond donors (Lipinski definition) is 2. The molecule has 0 saturated heterocycles. The first-order chi connectivity index (χ1) is 12.0. The van der Waals surface area contributed by atoms with Gasteiger partial charge >= 0.3 is 5.69 Å². The van der Waals surface area contributed by atoms with Crippen molar-refractivity contribution in [2.75, 3.05) is 6.79 Å². The number of rotatable bonds is 5. The van der Waals surface area contributed by atoms with Crippen LogP contribution < -0.4 is 20.7 Å². The van der Waals surface area contributed by atoms with E-state index in [4.69, 9.17) is 9.47 Å². The van der Waals surface area contributed by atoms with Crippen molar-refractivity contribution >= 4 is 5.71 Å². The second-order valence-corrected chi connectivity index (χ2v) is 5.45. The molecule has 25 heavy (non-hydrogen) atoms. The Kier molecular flexibility index (Phi) is 4.42. The zero-order valence-corrected chi connectivity index (χ0v) is 13.6. The first-order valence-corrected chi connectivity index (χ1v) is 7.58. The van der Waals surface area contributed by atoms with Crippen LogP contribution in [-0.2, 0) is 13.1 Å². The number of nitrogens with zero attached hydrogens (tertiary/aromatic N) is 2. The van der Waals surface area contributed by atoms with E-state index < -0.39 is 17.1 Å². The van der Waals surface area contributed by atoms with Crippen LogP contribution in [0.25, 0.3) is 0 Å². The summed E-state index contributed by atoms with van der Waals surface area (Å²) < 4.78 is 11.6. The van der Waals surface area contributed by atoms with Gasteiger partial charge in [0.25, 0.3) is 5.56 Å². The van der Waals surface area contributed by atoms with Gasteiger partial charge in [-0.15, -0.1) is 6.58 Å². The molecule has 2 heterocycles. The molecule has 0 spiro atoms. The van der Waals surface area contributed by atoms with Gasteiger partial charge < -0.3 is 14.6 Å². The van der Waals surface area contributed by atoms with Gasteiger partial charge in [-0.2, -0.15) is 0 Å². The number of aromatic hydroxyl groups is 1. The van der Waals surface area contributed by atoms with E-state index in [1.807, 2.05) is 12.1 Å². The highest BCUT2D eigenvalue weighted by atomic mass is 16.7. The summed E-state index contributed by atoms with van der Waals surface area (Å²) in [5, 5.41) is 10.3. The number of benzene rings is 1. The molecule has 8 heteroatoms. The van der Waals surface area contributed by atoms with E-state index in [1.165, 1.54) is 6.08 Å². The van der Waals surface area contributed by atoms with Crippen LogP contribution >= 0.6 is 0 Å². The third kappa shape index (κ3) is 3.18. The Hall–Kier alpha value is -3.29. The average Bonchev–Trinajstić information content (AvgIpc) is 3.04. The molecule has 8 nitrogen and oxygen atoms in total. The molecule has 1 aromatic heterocycles. The zero-order valence-electron chi connectivity index (χ0n) is 13.6. The molecule has 0 atom stereocenters. The predicted octanol–water partition coefficient (Wildman–Crippen LogP) is 1.17. The molecule has 130 valence electrons. The van der Waals surface area contributed by atoms with E-state index >= 15 is 0 Å². The Morgan fingerprint density at radius 2 is 2.16 bits per heavy atom. The lowest BCUT2D eigenvalue weighted by Crippen LogP contribution is -2.33. The molecule has 3 rings (SSSR count). The third-order valence-electron chi connectivity index (χ3n) is 3.78. The standard InChI is InChI=1S/C17H17N3O5/c1-3-6-20-16(22)14(15(21)19-17(20)23)10(2)18-8-11-4-5-12-13(7-11)25-9-24-12/h3-5,7,22H,1,6,8-9H2,2H3,(H,19,21,23). The van der Waals surface area contributed by atoms with Crippen molar-refractivity contribution in [1.29, 1.82) is 0 Å². The fraction of sp³-hybridized carbons (Fsp3) is 0.235. The molecule has 0 radical (unpaired) electrons. The number of allylic oxidation sites excluding steroid dienone is 1. The number of aromatic amines is 1. The lowest BCUT2D eigenvalue weighted by atomic mass is 10.2. The maximum atomic E-state index is 12.1. The molecular formula is C17H17N3O5. The fourth-order valence-electron chi connectivity index (χ4n) is 2.51. The number of H-pyrrole nitrogens is 1. The van der Waals surface area contributed by atoms with Gasteiger partial charge in [0.05, 0.1) is 12.3 Å². The van der Waals surface area contributed by atoms with E-state index in [0.29, 0.717) is 17.2 Å². The summed E-state index contributed by atoms with van der Waals surface area (Å²) in [7, 11) is 0. The molecule has 2 aromatic rings. The average molecular weight is 343 g/mol. The first kappa shape index (κ1) is 16.6. The van der Waals surface area contributed by atoms with Crippen molar-refractivity contribution in [3.63, 3.8) is 0 Å². The molecular weight excluding hydrogens is 326 g/mol. The van der Waals surface area contributed by atoms with Gasteiger partial charge in [-0.3, -0.25) is 19.3 Å². The van der Waals surface area contributed by atoms with Crippen LogP contribution in [0.2, 0.25) is 0 Å². The molecule has 2 N–H and O–H groups in total. The molecule has 0 unspecified atom stereocenters. The van der Waals surface area contributed by atoms with Crippen molar-refractivity contribution in [1.82, 2.24) is 9.55 Å². The Bertz CT molecular complexity index is 971. The first-order valence-electron chi connectivity index (χ1n) is 7.58. The highest BCUT2D eigenvalue weighted by Gasteiger charge is 2.16. The van der Waals surface area contributed by atoms with Crippen molar-refractivity contribution < 1.29 is 14.6 Å². The van der Waals surface area contributed by atoms with Crippen LogP contribution in [0.15, 0.2) is 45.4 Å². The molecule has 0 fully saturated rings. The molecule has 0 saturated carbocycles. The van der Waals surface area contributed by atoms with Crippen LogP contribution in [0.5, 0.6) is 17.4 Å². The van der Waals surface area contributed by atoms with Crippen molar-refractivity contribution in [2.45, 2.75) is 20.0 Å². The molecule has 0 bridgehead atoms. The van der Waals surface area contributed by atoms with Crippen molar-refractivity contribution in [3.05, 3.63) is 62.8 Å². The van der Waals surface area contributed by atoms with Gasteiger partial charge in [0, 0.05) is 6.54 Å². The SMILES string of the molecule is C=CCn1c(O)c(C(C)=NCc2ccc3c(c2)OCO3)c(=O)[nH]c1=O. The van der Waals surface area contributed by atoms with Gasteiger partial charge in [0.2, 0.25) is 12.7 Å². The van der Waals surface area contributed by atoms with Crippen LogP contribution in [-0.4, -0.2) is 27.2 Å². The monoisotopic (exact) mass is 343 g/mol. The van der Waals surface area contributed by atoms with E-state index in [1.54, 1.807) is 13.0 Å². The van der Waals surface area contributed by atoms with E-state index in [0.717, 1.165) is 10.1 Å². The number of hydrogen-bond acceptors (Lipinski definition) is 6. The molecule has 0 aliphatic carbocycles. The van der Waals surface area contributed by atoms with Crippen molar-refractivity contribution in [3.8, 4) is 17.4 Å². The maximum absolute atomic E-state index is 12.1. The summed E-state index contributed by atoms with van der Waals surface area (Å²) in [6.07, 6.45) is 1.45. The number of ether oxygens (including phenoxy) is 2. The predicted molar refractivity (Wildman–Crippen MR) is 91.7 cm³/mol. The lowest BCUT2D eigenvalue weighted by Gasteiger charge is -2.09.